The van der Waals surface area contributed by atoms with Gasteiger partial charge in [0.05, 0.1) is 6.10 Å². The Hall–Kier alpha value is -1.13. The number of halogens is 1. The van der Waals surface area contributed by atoms with Crippen molar-refractivity contribution in [2.45, 2.75) is 20.0 Å². The summed E-state index contributed by atoms with van der Waals surface area (Å²) in [5, 5.41) is 9.40. The van der Waals surface area contributed by atoms with Gasteiger partial charge in [-0.2, -0.15) is 0 Å². The van der Waals surface area contributed by atoms with Crippen LogP contribution in [0.2, 0.25) is 0 Å². The van der Waals surface area contributed by atoms with Gasteiger partial charge in [-0.05, 0) is 32.0 Å². The molecular weight excluding hydrogens is 199 g/mol. The van der Waals surface area contributed by atoms with E-state index in [0.29, 0.717) is 17.9 Å². The van der Waals surface area contributed by atoms with Crippen LogP contribution in [0.3, 0.4) is 0 Å². The molecule has 0 bridgehead atoms. The van der Waals surface area contributed by atoms with Crippen LogP contribution in [0, 0.1) is 5.82 Å². The zero-order valence-corrected chi connectivity index (χ0v) is 8.87. The second-order valence-electron chi connectivity index (χ2n) is 3.11. The van der Waals surface area contributed by atoms with Crippen LogP contribution < -0.4 is 4.74 Å². The summed E-state index contributed by atoms with van der Waals surface area (Å²) in [4.78, 5) is 0. The average Bonchev–Trinajstić information content (AvgIpc) is 2.20. The lowest BCUT2D eigenvalue weighted by atomic mass is 10.1. The largest absolute Gasteiger partial charge is 0.467 e. The standard InChI is InChI=1S/C11H15FO3/c1-3-14-7-15-11-5-4-9(12)6-10(11)8(2)13/h4-6,8,13H,3,7H2,1-2H3. The fourth-order valence-corrected chi connectivity index (χ4v) is 1.17. The first kappa shape index (κ1) is 11.9. The molecule has 0 amide bonds. The number of benzene rings is 1. The zero-order chi connectivity index (χ0) is 11.3. The summed E-state index contributed by atoms with van der Waals surface area (Å²) in [7, 11) is 0. The highest BCUT2D eigenvalue weighted by molar-refractivity contribution is 5.35. The van der Waals surface area contributed by atoms with E-state index in [-0.39, 0.29) is 6.79 Å². The molecule has 0 aliphatic rings. The SMILES string of the molecule is CCOCOc1ccc(F)cc1C(C)O. The van der Waals surface area contributed by atoms with Gasteiger partial charge in [-0.3, -0.25) is 0 Å². The molecule has 15 heavy (non-hydrogen) atoms. The summed E-state index contributed by atoms with van der Waals surface area (Å²) in [6.07, 6.45) is -0.766. The highest BCUT2D eigenvalue weighted by Crippen LogP contribution is 2.25. The third-order valence-electron chi connectivity index (χ3n) is 1.92. The lowest BCUT2D eigenvalue weighted by Crippen LogP contribution is -2.05. The molecule has 1 aromatic carbocycles. The molecule has 1 atom stereocenters. The molecule has 3 nitrogen and oxygen atoms in total. The van der Waals surface area contributed by atoms with Crippen molar-refractivity contribution in [3.05, 3.63) is 29.6 Å². The molecule has 1 unspecified atom stereocenters. The Morgan fingerprint density at radius 1 is 1.47 bits per heavy atom. The molecule has 0 fully saturated rings. The van der Waals surface area contributed by atoms with Crippen LogP contribution in [0.4, 0.5) is 4.39 Å². The van der Waals surface area contributed by atoms with Gasteiger partial charge in [0.25, 0.3) is 0 Å². The topological polar surface area (TPSA) is 38.7 Å². The molecule has 0 saturated carbocycles. The Labute approximate surface area is 88.4 Å². The molecule has 0 radical (unpaired) electrons. The Morgan fingerprint density at radius 3 is 2.80 bits per heavy atom. The van der Waals surface area contributed by atoms with Crippen LogP contribution in [-0.2, 0) is 4.74 Å². The minimum atomic E-state index is -0.766. The zero-order valence-electron chi connectivity index (χ0n) is 8.87. The van der Waals surface area contributed by atoms with Crippen molar-refractivity contribution in [2.24, 2.45) is 0 Å². The van der Waals surface area contributed by atoms with Crippen molar-refractivity contribution in [3.63, 3.8) is 0 Å². The van der Waals surface area contributed by atoms with E-state index in [4.69, 9.17) is 9.47 Å². The van der Waals surface area contributed by atoms with Crippen LogP contribution in [-0.4, -0.2) is 18.5 Å². The molecule has 0 aromatic heterocycles. The molecule has 0 aliphatic carbocycles. The first-order valence-electron chi connectivity index (χ1n) is 4.83. The Kier molecular flexibility index (Phi) is 4.52. The normalized spacial score (nSPS) is 12.5. The summed E-state index contributed by atoms with van der Waals surface area (Å²) in [5.74, 6) is 0.0505. The van der Waals surface area contributed by atoms with Crippen molar-refractivity contribution in [1.29, 1.82) is 0 Å². The minimum Gasteiger partial charge on any atom is -0.467 e. The summed E-state index contributed by atoms with van der Waals surface area (Å²) < 4.78 is 23.1. The molecular formula is C11H15FO3. The van der Waals surface area contributed by atoms with E-state index in [2.05, 4.69) is 0 Å². The lowest BCUT2D eigenvalue weighted by Gasteiger charge is -2.13. The second-order valence-corrected chi connectivity index (χ2v) is 3.11. The summed E-state index contributed by atoms with van der Waals surface area (Å²) in [6, 6.07) is 4.02. The summed E-state index contributed by atoms with van der Waals surface area (Å²) in [5.41, 5.74) is 0.426. The van der Waals surface area contributed by atoms with E-state index < -0.39 is 11.9 Å². The summed E-state index contributed by atoms with van der Waals surface area (Å²) >= 11 is 0. The predicted molar refractivity (Wildman–Crippen MR) is 54.2 cm³/mol. The van der Waals surface area contributed by atoms with Crippen LogP contribution in [0.5, 0.6) is 5.75 Å². The fourth-order valence-electron chi connectivity index (χ4n) is 1.17. The smallest absolute Gasteiger partial charge is 0.189 e. The lowest BCUT2D eigenvalue weighted by molar-refractivity contribution is 0.0204. The van der Waals surface area contributed by atoms with Crippen molar-refractivity contribution in [3.8, 4) is 5.75 Å². The number of hydrogen-bond donors (Lipinski definition) is 1. The molecule has 0 heterocycles. The van der Waals surface area contributed by atoms with E-state index in [1.165, 1.54) is 18.2 Å². The average molecular weight is 214 g/mol. The van der Waals surface area contributed by atoms with E-state index in [0.717, 1.165) is 0 Å². The highest BCUT2D eigenvalue weighted by Gasteiger charge is 2.10. The van der Waals surface area contributed by atoms with E-state index in [1.54, 1.807) is 6.92 Å². The maximum Gasteiger partial charge on any atom is 0.189 e. The molecule has 84 valence electrons. The van der Waals surface area contributed by atoms with Crippen molar-refractivity contribution in [1.82, 2.24) is 0 Å². The molecule has 4 heteroatoms. The third-order valence-corrected chi connectivity index (χ3v) is 1.92. The maximum absolute atomic E-state index is 12.9. The van der Waals surface area contributed by atoms with Crippen LogP contribution in [0.15, 0.2) is 18.2 Å². The van der Waals surface area contributed by atoms with Crippen molar-refractivity contribution < 1.29 is 19.0 Å². The van der Waals surface area contributed by atoms with Crippen LogP contribution in [0.1, 0.15) is 25.5 Å². The van der Waals surface area contributed by atoms with Gasteiger partial charge in [0, 0.05) is 12.2 Å². The predicted octanol–water partition coefficient (Wildman–Crippen LogP) is 2.25. The van der Waals surface area contributed by atoms with E-state index in [9.17, 15) is 9.50 Å². The molecule has 1 rings (SSSR count). The maximum atomic E-state index is 12.9. The molecule has 1 aromatic rings. The number of hydrogen-bond acceptors (Lipinski definition) is 3. The monoisotopic (exact) mass is 214 g/mol. The van der Waals surface area contributed by atoms with E-state index in [1.807, 2.05) is 6.92 Å². The van der Waals surface area contributed by atoms with Crippen molar-refractivity contribution in [2.75, 3.05) is 13.4 Å². The first-order valence-corrected chi connectivity index (χ1v) is 4.83. The van der Waals surface area contributed by atoms with Gasteiger partial charge in [-0.25, -0.2) is 4.39 Å². The number of aliphatic hydroxyl groups is 1. The van der Waals surface area contributed by atoms with Gasteiger partial charge >= 0.3 is 0 Å². The van der Waals surface area contributed by atoms with Gasteiger partial charge in [0.2, 0.25) is 0 Å². The third kappa shape index (κ3) is 3.49. The van der Waals surface area contributed by atoms with E-state index >= 15 is 0 Å². The Balaban J connectivity index is 2.77. The highest BCUT2D eigenvalue weighted by atomic mass is 19.1. The van der Waals surface area contributed by atoms with Crippen molar-refractivity contribution >= 4 is 0 Å². The Morgan fingerprint density at radius 2 is 2.20 bits per heavy atom. The quantitative estimate of drug-likeness (QED) is 0.603. The van der Waals surface area contributed by atoms with Gasteiger partial charge in [-0.1, -0.05) is 0 Å². The molecule has 0 spiro atoms. The van der Waals surface area contributed by atoms with Gasteiger partial charge in [-0.15, -0.1) is 0 Å². The van der Waals surface area contributed by atoms with Crippen LogP contribution in [0.25, 0.3) is 0 Å². The minimum absolute atomic E-state index is 0.0991. The molecule has 0 saturated heterocycles. The van der Waals surface area contributed by atoms with Gasteiger partial charge in [0.1, 0.15) is 11.6 Å². The number of rotatable bonds is 5. The fraction of sp³-hybridized carbons (Fsp3) is 0.455. The van der Waals surface area contributed by atoms with Crippen LogP contribution >= 0.6 is 0 Å². The first-order chi connectivity index (χ1) is 7.15. The molecule has 0 aliphatic heterocycles. The number of ether oxygens (including phenoxy) is 2. The Bertz CT molecular complexity index is 313. The number of aliphatic hydroxyl groups excluding tert-OH is 1. The summed E-state index contributed by atoms with van der Waals surface area (Å²) in [6.45, 7) is 4.05. The second kappa shape index (κ2) is 5.68. The van der Waals surface area contributed by atoms with Gasteiger partial charge in [0.15, 0.2) is 6.79 Å². The van der Waals surface area contributed by atoms with Gasteiger partial charge < -0.3 is 14.6 Å². The molecule has 1 N–H and O–H groups in total.